The van der Waals surface area contributed by atoms with Crippen LogP contribution in [0.25, 0.3) is 0 Å². The van der Waals surface area contributed by atoms with Crippen LogP contribution in [-0.4, -0.2) is 40.8 Å². The van der Waals surface area contributed by atoms with Crippen LogP contribution in [0, 0.1) is 11.8 Å². The van der Waals surface area contributed by atoms with Gasteiger partial charge in [-0.15, -0.1) is 0 Å². The van der Waals surface area contributed by atoms with Crippen LogP contribution >= 0.6 is 0 Å². The van der Waals surface area contributed by atoms with Crippen LogP contribution in [0.15, 0.2) is 0 Å². The second kappa shape index (κ2) is 7.72. The standard InChI is InChI=1S/C13H22N2O5/c1-8-4-2-3-5-9(8)7-14-13(20)15-10(12(18)19)6-11(16)17/h8-10H,2-7H2,1H3,(H,16,17)(H,18,19)(H2,14,15,20). The van der Waals surface area contributed by atoms with Gasteiger partial charge in [-0.05, 0) is 18.3 Å². The van der Waals surface area contributed by atoms with Gasteiger partial charge in [-0.1, -0.05) is 26.2 Å². The van der Waals surface area contributed by atoms with E-state index in [9.17, 15) is 14.4 Å². The minimum absolute atomic E-state index is 0.400. The molecule has 0 radical (unpaired) electrons. The van der Waals surface area contributed by atoms with E-state index >= 15 is 0 Å². The van der Waals surface area contributed by atoms with Gasteiger partial charge in [-0.25, -0.2) is 9.59 Å². The van der Waals surface area contributed by atoms with Crippen molar-refractivity contribution in [1.82, 2.24) is 10.6 Å². The molecule has 3 atom stereocenters. The Kier molecular flexibility index (Phi) is 6.27. The van der Waals surface area contributed by atoms with Crippen molar-refractivity contribution in [3.8, 4) is 0 Å². The fourth-order valence-electron chi connectivity index (χ4n) is 2.50. The quantitative estimate of drug-likeness (QED) is 0.582. The van der Waals surface area contributed by atoms with Crippen molar-refractivity contribution >= 4 is 18.0 Å². The summed E-state index contributed by atoms with van der Waals surface area (Å²) < 4.78 is 0. The molecule has 1 rings (SSSR count). The smallest absolute Gasteiger partial charge is 0.326 e. The number of carboxylic acid groups (broad SMARTS) is 2. The molecule has 0 aliphatic heterocycles. The zero-order chi connectivity index (χ0) is 15.1. The normalized spacial score (nSPS) is 23.6. The summed E-state index contributed by atoms with van der Waals surface area (Å²) in [5.74, 6) is -1.68. The molecule has 0 aromatic rings. The topological polar surface area (TPSA) is 116 Å². The molecular weight excluding hydrogens is 264 g/mol. The first-order valence-corrected chi connectivity index (χ1v) is 6.89. The minimum atomic E-state index is -1.41. The summed E-state index contributed by atoms with van der Waals surface area (Å²) in [6.07, 6.45) is 3.92. The Balaban J connectivity index is 2.37. The zero-order valence-electron chi connectivity index (χ0n) is 11.6. The summed E-state index contributed by atoms with van der Waals surface area (Å²) >= 11 is 0. The molecule has 0 aromatic heterocycles. The Morgan fingerprint density at radius 1 is 1.20 bits per heavy atom. The molecule has 114 valence electrons. The van der Waals surface area contributed by atoms with Gasteiger partial charge in [-0.3, -0.25) is 4.79 Å². The molecule has 1 aliphatic carbocycles. The number of carbonyl (C=O) groups is 3. The van der Waals surface area contributed by atoms with Gasteiger partial charge < -0.3 is 20.8 Å². The van der Waals surface area contributed by atoms with Crippen molar-refractivity contribution in [2.45, 2.75) is 45.1 Å². The summed E-state index contributed by atoms with van der Waals surface area (Å²) in [6.45, 7) is 2.64. The first-order valence-electron chi connectivity index (χ1n) is 6.89. The maximum atomic E-state index is 11.6. The highest BCUT2D eigenvalue weighted by atomic mass is 16.4. The maximum absolute atomic E-state index is 11.6. The highest BCUT2D eigenvalue weighted by Crippen LogP contribution is 2.28. The van der Waals surface area contributed by atoms with E-state index in [1.165, 1.54) is 6.42 Å². The Hall–Kier alpha value is -1.79. The first-order chi connectivity index (χ1) is 9.40. The molecule has 4 N–H and O–H groups in total. The third-order valence-corrected chi connectivity index (χ3v) is 3.80. The zero-order valence-corrected chi connectivity index (χ0v) is 11.6. The third-order valence-electron chi connectivity index (χ3n) is 3.80. The van der Waals surface area contributed by atoms with Gasteiger partial charge in [-0.2, -0.15) is 0 Å². The average molecular weight is 286 g/mol. The van der Waals surface area contributed by atoms with Gasteiger partial charge >= 0.3 is 18.0 Å². The van der Waals surface area contributed by atoms with E-state index in [-0.39, 0.29) is 0 Å². The lowest BCUT2D eigenvalue weighted by Gasteiger charge is -2.28. The van der Waals surface area contributed by atoms with Crippen molar-refractivity contribution in [3.05, 3.63) is 0 Å². The summed E-state index contributed by atoms with van der Waals surface area (Å²) in [7, 11) is 0. The van der Waals surface area contributed by atoms with E-state index in [0.717, 1.165) is 19.3 Å². The molecule has 2 amide bonds. The minimum Gasteiger partial charge on any atom is -0.481 e. The highest BCUT2D eigenvalue weighted by molar-refractivity contribution is 5.86. The lowest BCUT2D eigenvalue weighted by atomic mass is 9.80. The number of carboxylic acids is 2. The number of aliphatic carboxylic acids is 2. The van der Waals surface area contributed by atoms with Crippen molar-refractivity contribution in [2.75, 3.05) is 6.54 Å². The first kappa shape index (κ1) is 16.3. The number of carbonyl (C=O) groups excluding carboxylic acids is 1. The Morgan fingerprint density at radius 3 is 2.40 bits per heavy atom. The highest BCUT2D eigenvalue weighted by Gasteiger charge is 2.25. The molecule has 0 spiro atoms. The van der Waals surface area contributed by atoms with Crippen LogP contribution in [-0.2, 0) is 9.59 Å². The molecular formula is C13H22N2O5. The largest absolute Gasteiger partial charge is 0.481 e. The predicted octanol–water partition coefficient (Wildman–Crippen LogP) is 1.04. The van der Waals surface area contributed by atoms with Gasteiger partial charge in [0.15, 0.2) is 0 Å². The third kappa shape index (κ3) is 5.46. The van der Waals surface area contributed by atoms with E-state index < -0.39 is 30.4 Å². The predicted molar refractivity (Wildman–Crippen MR) is 71.3 cm³/mol. The summed E-state index contributed by atoms with van der Waals surface area (Å²) in [4.78, 5) is 32.9. The number of hydrogen-bond donors (Lipinski definition) is 4. The molecule has 1 aliphatic rings. The average Bonchev–Trinajstić information content (AvgIpc) is 2.36. The monoisotopic (exact) mass is 286 g/mol. The summed E-state index contributed by atoms with van der Waals surface area (Å²) in [5.41, 5.74) is 0. The van der Waals surface area contributed by atoms with E-state index in [1.807, 2.05) is 0 Å². The Labute approximate surface area is 117 Å². The molecule has 0 bridgehead atoms. The lowest BCUT2D eigenvalue weighted by molar-refractivity contribution is -0.145. The molecule has 1 fully saturated rings. The van der Waals surface area contributed by atoms with Gasteiger partial charge in [0.2, 0.25) is 0 Å². The van der Waals surface area contributed by atoms with Crippen LogP contribution in [0.5, 0.6) is 0 Å². The van der Waals surface area contributed by atoms with E-state index in [0.29, 0.717) is 18.4 Å². The SMILES string of the molecule is CC1CCCCC1CNC(=O)NC(CC(=O)O)C(=O)O. The fraction of sp³-hybridized carbons (Fsp3) is 0.769. The van der Waals surface area contributed by atoms with Crippen molar-refractivity contribution in [2.24, 2.45) is 11.8 Å². The van der Waals surface area contributed by atoms with Gasteiger partial charge in [0.05, 0.1) is 6.42 Å². The second-order valence-electron chi connectivity index (χ2n) is 5.36. The lowest BCUT2D eigenvalue weighted by Crippen LogP contribution is -2.48. The second-order valence-corrected chi connectivity index (χ2v) is 5.36. The number of rotatable bonds is 6. The molecule has 7 heteroatoms. The van der Waals surface area contributed by atoms with Gasteiger partial charge in [0, 0.05) is 6.54 Å². The molecule has 7 nitrogen and oxygen atoms in total. The summed E-state index contributed by atoms with van der Waals surface area (Å²) in [5, 5.41) is 22.2. The fourth-order valence-corrected chi connectivity index (χ4v) is 2.50. The summed E-state index contributed by atoms with van der Waals surface area (Å²) in [6, 6.07) is -2.03. The van der Waals surface area contributed by atoms with Crippen LogP contribution in [0.1, 0.15) is 39.0 Å². The van der Waals surface area contributed by atoms with Gasteiger partial charge in [0.25, 0.3) is 0 Å². The number of hydrogen-bond acceptors (Lipinski definition) is 3. The number of urea groups is 1. The van der Waals surface area contributed by atoms with Crippen LogP contribution in [0.3, 0.4) is 0 Å². The van der Waals surface area contributed by atoms with Crippen molar-refractivity contribution < 1.29 is 24.6 Å². The van der Waals surface area contributed by atoms with Gasteiger partial charge in [0.1, 0.15) is 6.04 Å². The molecule has 3 unspecified atom stereocenters. The molecule has 0 aromatic carbocycles. The number of amides is 2. The van der Waals surface area contributed by atoms with Crippen molar-refractivity contribution in [1.29, 1.82) is 0 Å². The molecule has 0 heterocycles. The Morgan fingerprint density at radius 2 is 1.85 bits per heavy atom. The van der Waals surface area contributed by atoms with Crippen LogP contribution in [0.2, 0.25) is 0 Å². The van der Waals surface area contributed by atoms with Crippen molar-refractivity contribution in [3.63, 3.8) is 0 Å². The van der Waals surface area contributed by atoms with E-state index in [2.05, 4.69) is 17.6 Å². The maximum Gasteiger partial charge on any atom is 0.326 e. The Bertz CT molecular complexity index is 372. The number of nitrogens with one attached hydrogen (secondary N) is 2. The van der Waals surface area contributed by atoms with Crippen LogP contribution in [0.4, 0.5) is 4.79 Å². The van der Waals surface area contributed by atoms with E-state index in [4.69, 9.17) is 10.2 Å². The van der Waals surface area contributed by atoms with Crippen LogP contribution < -0.4 is 10.6 Å². The molecule has 0 saturated heterocycles. The van der Waals surface area contributed by atoms with E-state index in [1.54, 1.807) is 0 Å². The molecule has 20 heavy (non-hydrogen) atoms. The molecule has 1 saturated carbocycles.